The molecule has 0 radical (unpaired) electrons. The molecule has 0 aliphatic rings. The van der Waals surface area contributed by atoms with Crippen LogP contribution in [0.1, 0.15) is 11.5 Å². The molecule has 0 bridgehead atoms. The van der Waals surface area contributed by atoms with Gasteiger partial charge in [-0.1, -0.05) is 0 Å². The Hall–Kier alpha value is -1.20. The van der Waals surface area contributed by atoms with E-state index >= 15 is 0 Å². The van der Waals surface area contributed by atoms with Crippen LogP contribution in [0.25, 0.3) is 0 Å². The average molecular weight is 212 g/mol. The third-order valence-electron chi connectivity index (χ3n) is 1.83. The number of aryl methyl sites for hydroxylation is 1. The van der Waals surface area contributed by atoms with Crippen LogP contribution in [0.2, 0.25) is 0 Å². The number of hydrogen-bond donors (Lipinski definition) is 1. The molecule has 0 fully saturated rings. The molecule has 0 unspecified atom stereocenters. The van der Waals surface area contributed by atoms with Crippen molar-refractivity contribution in [2.24, 2.45) is 0 Å². The lowest BCUT2D eigenvalue weighted by Crippen LogP contribution is -2.13. The van der Waals surface area contributed by atoms with Crippen LogP contribution < -0.4 is 5.56 Å². The van der Waals surface area contributed by atoms with Gasteiger partial charge in [-0.05, 0) is 6.92 Å². The summed E-state index contributed by atoms with van der Waals surface area (Å²) in [6.45, 7) is 3.48. The van der Waals surface area contributed by atoms with Gasteiger partial charge in [0.25, 0.3) is 5.56 Å². The molecule has 5 heteroatoms. The fraction of sp³-hybridized carbons (Fsp3) is 0.600. The summed E-state index contributed by atoms with van der Waals surface area (Å²) in [6, 6.07) is 1.47. The van der Waals surface area contributed by atoms with Crippen LogP contribution in [0.3, 0.4) is 0 Å². The number of aromatic amines is 1. The van der Waals surface area contributed by atoms with Gasteiger partial charge < -0.3 is 14.5 Å². The van der Waals surface area contributed by atoms with E-state index in [1.165, 1.54) is 6.07 Å². The Labute approximate surface area is 88.4 Å². The van der Waals surface area contributed by atoms with E-state index in [1.54, 1.807) is 14.0 Å². The van der Waals surface area contributed by atoms with Gasteiger partial charge in [0.15, 0.2) is 0 Å². The third kappa shape index (κ3) is 4.71. The number of hydrogen-bond acceptors (Lipinski definition) is 4. The smallest absolute Gasteiger partial charge is 0.251 e. The van der Waals surface area contributed by atoms with E-state index in [-0.39, 0.29) is 5.56 Å². The highest BCUT2D eigenvalue weighted by Crippen LogP contribution is 1.91. The SMILES string of the molecule is COCCOCCc1nc(C)cc(=O)[nH]1. The van der Waals surface area contributed by atoms with Gasteiger partial charge in [-0.2, -0.15) is 0 Å². The number of aromatic nitrogens is 2. The minimum atomic E-state index is -0.116. The van der Waals surface area contributed by atoms with E-state index in [0.717, 1.165) is 5.69 Å². The fourth-order valence-corrected chi connectivity index (χ4v) is 1.17. The fourth-order valence-electron chi connectivity index (χ4n) is 1.17. The van der Waals surface area contributed by atoms with Crippen LogP contribution in [0, 0.1) is 6.92 Å². The Balaban J connectivity index is 2.34. The summed E-state index contributed by atoms with van der Waals surface area (Å²) in [4.78, 5) is 17.9. The summed E-state index contributed by atoms with van der Waals surface area (Å²) in [6.07, 6.45) is 0.612. The molecule has 0 saturated heterocycles. The molecule has 1 heterocycles. The van der Waals surface area contributed by atoms with Crippen LogP contribution >= 0.6 is 0 Å². The molecule has 0 aliphatic carbocycles. The van der Waals surface area contributed by atoms with Crippen molar-refractivity contribution in [3.8, 4) is 0 Å². The second-order valence-electron chi connectivity index (χ2n) is 3.19. The van der Waals surface area contributed by atoms with Crippen molar-refractivity contribution in [3.63, 3.8) is 0 Å². The van der Waals surface area contributed by atoms with Crippen molar-refractivity contribution in [1.29, 1.82) is 0 Å². The van der Waals surface area contributed by atoms with Crippen molar-refractivity contribution in [2.45, 2.75) is 13.3 Å². The molecule has 0 aliphatic heterocycles. The van der Waals surface area contributed by atoms with Crippen molar-refractivity contribution in [3.05, 3.63) is 27.9 Å². The quantitative estimate of drug-likeness (QED) is 0.688. The number of methoxy groups -OCH3 is 1. The predicted molar refractivity (Wildman–Crippen MR) is 56.0 cm³/mol. The second kappa shape index (κ2) is 6.31. The summed E-state index contributed by atoms with van der Waals surface area (Å²) in [5, 5.41) is 0. The van der Waals surface area contributed by atoms with E-state index < -0.39 is 0 Å². The van der Waals surface area contributed by atoms with Gasteiger partial charge in [0.1, 0.15) is 5.82 Å². The Morgan fingerprint density at radius 3 is 2.87 bits per heavy atom. The summed E-state index contributed by atoms with van der Waals surface area (Å²) in [5.41, 5.74) is 0.611. The molecule has 0 atom stereocenters. The first-order chi connectivity index (χ1) is 7.22. The van der Waals surface area contributed by atoms with Crippen molar-refractivity contribution >= 4 is 0 Å². The van der Waals surface area contributed by atoms with Crippen LogP contribution in [0.4, 0.5) is 0 Å². The number of nitrogens with one attached hydrogen (secondary N) is 1. The lowest BCUT2D eigenvalue weighted by Gasteiger charge is -2.03. The first-order valence-electron chi connectivity index (χ1n) is 4.86. The van der Waals surface area contributed by atoms with Crippen LogP contribution in [-0.4, -0.2) is 36.9 Å². The molecular weight excluding hydrogens is 196 g/mol. The Kier molecular flexibility index (Phi) is 5.00. The summed E-state index contributed by atoms with van der Waals surface area (Å²) >= 11 is 0. The van der Waals surface area contributed by atoms with Crippen molar-refractivity contribution in [1.82, 2.24) is 9.97 Å². The molecule has 1 rings (SSSR count). The van der Waals surface area contributed by atoms with E-state index in [0.29, 0.717) is 32.1 Å². The zero-order valence-corrected chi connectivity index (χ0v) is 9.08. The lowest BCUT2D eigenvalue weighted by molar-refractivity contribution is 0.0716. The molecule has 0 amide bonds. The molecule has 0 saturated carbocycles. The number of nitrogens with zero attached hydrogens (tertiary/aromatic N) is 1. The highest BCUT2D eigenvalue weighted by molar-refractivity contribution is 5.00. The minimum Gasteiger partial charge on any atom is -0.382 e. The molecular formula is C10H16N2O3. The van der Waals surface area contributed by atoms with E-state index in [1.807, 2.05) is 0 Å². The maximum absolute atomic E-state index is 11.1. The molecule has 5 nitrogen and oxygen atoms in total. The zero-order valence-electron chi connectivity index (χ0n) is 9.08. The molecule has 1 aromatic rings. The Bertz CT molecular complexity index is 349. The van der Waals surface area contributed by atoms with Crippen LogP contribution in [0.15, 0.2) is 10.9 Å². The number of ether oxygens (including phenoxy) is 2. The first kappa shape index (κ1) is 11.9. The molecule has 0 spiro atoms. The normalized spacial score (nSPS) is 10.5. The second-order valence-corrected chi connectivity index (χ2v) is 3.19. The number of H-pyrrole nitrogens is 1. The topological polar surface area (TPSA) is 64.2 Å². The van der Waals surface area contributed by atoms with E-state index in [2.05, 4.69) is 9.97 Å². The van der Waals surface area contributed by atoms with E-state index in [9.17, 15) is 4.79 Å². The van der Waals surface area contributed by atoms with Gasteiger partial charge in [-0.25, -0.2) is 4.98 Å². The van der Waals surface area contributed by atoms with E-state index in [4.69, 9.17) is 9.47 Å². The Morgan fingerprint density at radius 2 is 2.20 bits per heavy atom. The maximum atomic E-state index is 11.1. The van der Waals surface area contributed by atoms with Gasteiger partial charge in [-0.3, -0.25) is 4.79 Å². The van der Waals surface area contributed by atoms with Crippen LogP contribution in [0.5, 0.6) is 0 Å². The zero-order chi connectivity index (χ0) is 11.1. The standard InChI is InChI=1S/C10H16N2O3/c1-8-7-10(13)12-9(11-8)3-4-15-6-5-14-2/h7H,3-6H2,1-2H3,(H,11,12,13). The van der Waals surface area contributed by atoms with Crippen LogP contribution in [-0.2, 0) is 15.9 Å². The van der Waals surface area contributed by atoms with Gasteiger partial charge >= 0.3 is 0 Å². The molecule has 1 aromatic heterocycles. The Morgan fingerprint density at radius 1 is 1.40 bits per heavy atom. The lowest BCUT2D eigenvalue weighted by atomic mass is 10.4. The monoisotopic (exact) mass is 212 g/mol. The van der Waals surface area contributed by atoms with Gasteiger partial charge in [0, 0.05) is 25.3 Å². The first-order valence-corrected chi connectivity index (χ1v) is 4.86. The molecule has 15 heavy (non-hydrogen) atoms. The minimum absolute atomic E-state index is 0.116. The molecule has 84 valence electrons. The van der Waals surface area contributed by atoms with Crippen molar-refractivity contribution in [2.75, 3.05) is 26.9 Å². The summed E-state index contributed by atoms with van der Waals surface area (Å²) in [7, 11) is 1.63. The third-order valence-corrected chi connectivity index (χ3v) is 1.83. The highest BCUT2D eigenvalue weighted by atomic mass is 16.5. The molecule has 1 N–H and O–H groups in total. The van der Waals surface area contributed by atoms with Gasteiger partial charge in [0.2, 0.25) is 0 Å². The van der Waals surface area contributed by atoms with Gasteiger partial charge in [-0.15, -0.1) is 0 Å². The van der Waals surface area contributed by atoms with Crippen molar-refractivity contribution < 1.29 is 9.47 Å². The maximum Gasteiger partial charge on any atom is 0.251 e. The summed E-state index contributed by atoms with van der Waals surface area (Å²) in [5.74, 6) is 0.664. The molecule has 0 aromatic carbocycles. The largest absolute Gasteiger partial charge is 0.382 e. The predicted octanol–water partition coefficient (Wildman–Crippen LogP) is 0.284. The highest BCUT2D eigenvalue weighted by Gasteiger charge is 1.98. The van der Waals surface area contributed by atoms with Gasteiger partial charge in [0.05, 0.1) is 19.8 Å². The summed E-state index contributed by atoms with van der Waals surface area (Å²) < 4.78 is 10.1. The number of rotatable bonds is 6. The average Bonchev–Trinajstić information content (AvgIpc) is 2.16.